The number of nitrogens with two attached hydrogens (primary N) is 1. The van der Waals surface area contributed by atoms with E-state index >= 15 is 0 Å². The fourth-order valence-electron chi connectivity index (χ4n) is 0.702. The molecule has 3 heteroatoms. The largest absolute Gasteiger partial charge is 0.320 e. The van der Waals surface area contributed by atoms with Gasteiger partial charge in [0.1, 0.15) is 5.69 Å². The van der Waals surface area contributed by atoms with E-state index in [0.29, 0.717) is 18.5 Å². The van der Waals surface area contributed by atoms with Crippen molar-refractivity contribution in [1.29, 1.82) is 0 Å². The number of aromatic nitrogens is 1. The molecule has 0 radical (unpaired) electrons. The molecule has 0 atom stereocenters. The summed E-state index contributed by atoms with van der Waals surface area (Å²) in [6.45, 7) is 0.329. The maximum atomic E-state index is 10.2. The summed E-state index contributed by atoms with van der Waals surface area (Å²) in [5, 5.41) is 0. The monoisotopic (exact) mass is 160 g/mol. The molecule has 0 bridgehead atoms. The van der Waals surface area contributed by atoms with Crippen molar-refractivity contribution in [3.05, 3.63) is 29.6 Å². The van der Waals surface area contributed by atoms with Crippen LogP contribution in [0.25, 0.3) is 0 Å². The fraction of sp³-hybridized carbons (Fsp3) is 0.111. The number of pyridine rings is 1. The van der Waals surface area contributed by atoms with E-state index in [1.54, 1.807) is 18.3 Å². The minimum atomic E-state index is 0.329. The Hall–Kier alpha value is -1.66. The average Bonchev–Trinajstić information content (AvgIpc) is 2.15. The number of carbonyl (C=O) groups is 1. The first kappa shape index (κ1) is 8.44. The van der Waals surface area contributed by atoms with E-state index in [1.807, 2.05) is 0 Å². The minimum absolute atomic E-state index is 0.329. The quantitative estimate of drug-likeness (QED) is 0.471. The minimum Gasteiger partial charge on any atom is -0.320 e. The zero-order valence-electron chi connectivity index (χ0n) is 6.45. The van der Waals surface area contributed by atoms with Gasteiger partial charge in [-0.2, -0.15) is 0 Å². The highest BCUT2D eigenvalue weighted by Gasteiger charge is 1.89. The number of nitrogens with zero attached hydrogens (tertiary/aromatic N) is 1. The second kappa shape index (κ2) is 4.27. The van der Waals surface area contributed by atoms with Gasteiger partial charge in [0, 0.05) is 11.8 Å². The Morgan fingerprint density at radius 2 is 2.42 bits per heavy atom. The Bertz CT molecular complexity index is 319. The molecule has 0 saturated carbocycles. The lowest BCUT2D eigenvalue weighted by Crippen LogP contribution is -1.93. The van der Waals surface area contributed by atoms with Gasteiger partial charge in [0.2, 0.25) is 0 Å². The van der Waals surface area contributed by atoms with Gasteiger partial charge in [0.25, 0.3) is 0 Å². The first-order valence-corrected chi connectivity index (χ1v) is 3.47. The van der Waals surface area contributed by atoms with E-state index in [-0.39, 0.29) is 0 Å². The molecule has 0 fully saturated rings. The summed E-state index contributed by atoms with van der Waals surface area (Å²) in [7, 11) is 0. The van der Waals surface area contributed by atoms with Gasteiger partial charge < -0.3 is 5.73 Å². The van der Waals surface area contributed by atoms with Crippen LogP contribution in [0, 0.1) is 11.8 Å². The number of rotatable bonds is 1. The smallest absolute Gasteiger partial charge is 0.168 e. The maximum absolute atomic E-state index is 10.2. The van der Waals surface area contributed by atoms with Gasteiger partial charge in [-0.1, -0.05) is 11.8 Å². The molecule has 12 heavy (non-hydrogen) atoms. The third-order valence-electron chi connectivity index (χ3n) is 1.24. The van der Waals surface area contributed by atoms with Crippen LogP contribution in [0.3, 0.4) is 0 Å². The van der Waals surface area contributed by atoms with Gasteiger partial charge in [0.05, 0.1) is 6.54 Å². The van der Waals surface area contributed by atoms with Crippen molar-refractivity contribution in [3.63, 3.8) is 0 Å². The van der Waals surface area contributed by atoms with Crippen LogP contribution in [0.1, 0.15) is 16.1 Å². The van der Waals surface area contributed by atoms with Gasteiger partial charge in [0.15, 0.2) is 6.29 Å². The topological polar surface area (TPSA) is 56.0 Å². The van der Waals surface area contributed by atoms with Crippen LogP contribution < -0.4 is 5.73 Å². The molecular formula is C9H8N2O. The predicted octanol–water partition coefficient (Wildman–Crippen LogP) is 0.204. The summed E-state index contributed by atoms with van der Waals surface area (Å²) < 4.78 is 0. The van der Waals surface area contributed by atoms with E-state index in [2.05, 4.69) is 16.8 Å². The molecule has 1 rings (SSSR count). The normalized spacial score (nSPS) is 8.42. The molecule has 2 N–H and O–H groups in total. The molecule has 3 nitrogen and oxygen atoms in total. The van der Waals surface area contributed by atoms with Gasteiger partial charge >= 0.3 is 0 Å². The highest BCUT2D eigenvalue weighted by atomic mass is 16.1. The third-order valence-corrected chi connectivity index (χ3v) is 1.24. The van der Waals surface area contributed by atoms with Crippen molar-refractivity contribution in [3.8, 4) is 11.8 Å². The Morgan fingerprint density at radius 3 is 2.92 bits per heavy atom. The van der Waals surface area contributed by atoms with Crippen LogP contribution >= 0.6 is 0 Å². The zero-order valence-corrected chi connectivity index (χ0v) is 6.45. The highest BCUT2D eigenvalue weighted by Crippen LogP contribution is 1.95. The van der Waals surface area contributed by atoms with Gasteiger partial charge in [-0.25, -0.2) is 0 Å². The Balaban J connectivity index is 2.84. The van der Waals surface area contributed by atoms with E-state index in [1.165, 1.54) is 0 Å². The molecule has 0 spiro atoms. The summed E-state index contributed by atoms with van der Waals surface area (Å²) in [6, 6.07) is 3.35. The molecule has 1 aromatic heterocycles. The molecular weight excluding hydrogens is 152 g/mol. The standard InChI is InChI=1S/C9H8N2O/c10-5-1-2-8-3-4-9(7-12)11-6-8/h3-4,6-7H,5,10H2. The molecule has 0 aliphatic carbocycles. The van der Waals surface area contributed by atoms with Gasteiger partial charge in [-0.15, -0.1) is 0 Å². The van der Waals surface area contributed by atoms with E-state index in [0.717, 1.165) is 5.56 Å². The first-order valence-electron chi connectivity index (χ1n) is 3.47. The number of hydrogen-bond acceptors (Lipinski definition) is 3. The van der Waals surface area contributed by atoms with Crippen molar-refractivity contribution in [1.82, 2.24) is 4.98 Å². The molecule has 0 aromatic carbocycles. The highest BCUT2D eigenvalue weighted by molar-refractivity contribution is 5.71. The van der Waals surface area contributed by atoms with Gasteiger partial charge in [-0.05, 0) is 12.1 Å². The van der Waals surface area contributed by atoms with Crippen LogP contribution in [-0.2, 0) is 0 Å². The third kappa shape index (κ3) is 2.19. The van der Waals surface area contributed by atoms with E-state index < -0.39 is 0 Å². The first-order chi connectivity index (χ1) is 5.86. The van der Waals surface area contributed by atoms with E-state index in [9.17, 15) is 4.79 Å². The Labute approximate surface area is 70.6 Å². The van der Waals surface area contributed by atoms with Crippen LogP contribution in [0.5, 0.6) is 0 Å². The predicted molar refractivity (Wildman–Crippen MR) is 45.6 cm³/mol. The average molecular weight is 160 g/mol. The SMILES string of the molecule is NCC#Cc1ccc(C=O)nc1. The van der Waals surface area contributed by atoms with Crippen LogP contribution in [0.2, 0.25) is 0 Å². The molecule has 0 aliphatic rings. The second-order valence-corrected chi connectivity index (χ2v) is 2.10. The summed E-state index contributed by atoms with van der Waals surface area (Å²) >= 11 is 0. The lowest BCUT2D eigenvalue weighted by Gasteiger charge is -1.89. The van der Waals surface area contributed by atoms with Crippen LogP contribution in [-0.4, -0.2) is 17.8 Å². The molecule has 60 valence electrons. The molecule has 0 saturated heterocycles. The van der Waals surface area contributed by atoms with Crippen molar-refractivity contribution in [2.24, 2.45) is 5.73 Å². The molecule has 1 heterocycles. The Kier molecular flexibility index (Phi) is 3.00. The summed E-state index contributed by atoms with van der Waals surface area (Å²) in [4.78, 5) is 14.1. The van der Waals surface area contributed by atoms with Crippen molar-refractivity contribution in [2.45, 2.75) is 0 Å². The van der Waals surface area contributed by atoms with E-state index in [4.69, 9.17) is 5.73 Å². The van der Waals surface area contributed by atoms with Crippen LogP contribution in [0.15, 0.2) is 18.3 Å². The number of aldehydes is 1. The molecule has 0 amide bonds. The van der Waals surface area contributed by atoms with Crippen LogP contribution in [0.4, 0.5) is 0 Å². The zero-order chi connectivity index (χ0) is 8.81. The van der Waals surface area contributed by atoms with Crippen molar-refractivity contribution < 1.29 is 4.79 Å². The second-order valence-electron chi connectivity index (χ2n) is 2.10. The summed E-state index contributed by atoms with van der Waals surface area (Å²) in [6.07, 6.45) is 2.24. The molecule has 0 unspecified atom stereocenters. The summed E-state index contributed by atoms with van der Waals surface area (Å²) in [5.74, 6) is 5.49. The van der Waals surface area contributed by atoms with Gasteiger partial charge in [-0.3, -0.25) is 9.78 Å². The molecule has 0 aliphatic heterocycles. The van der Waals surface area contributed by atoms with Crippen molar-refractivity contribution >= 4 is 6.29 Å². The van der Waals surface area contributed by atoms with Crippen molar-refractivity contribution in [2.75, 3.05) is 6.54 Å². The lowest BCUT2D eigenvalue weighted by molar-refractivity contribution is 0.111. The maximum Gasteiger partial charge on any atom is 0.168 e. The Morgan fingerprint density at radius 1 is 1.58 bits per heavy atom. The summed E-state index contributed by atoms with van der Waals surface area (Å²) in [5.41, 5.74) is 6.36. The number of carbonyl (C=O) groups excluding carboxylic acids is 1. The number of hydrogen-bond donors (Lipinski definition) is 1. The fourth-order valence-corrected chi connectivity index (χ4v) is 0.702. The lowest BCUT2D eigenvalue weighted by atomic mass is 10.2. The molecule has 1 aromatic rings.